The summed E-state index contributed by atoms with van der Waals surface area (Å²) in [6.45, 7) is 2.92. The Labute approximate surface area is 135 Å². The maximum Gasteiger partial charge on any atom is 0.226 e. The van der Waals surface area contributed by atoms with Crippen LogP contribution in [-0.2, 0) is 9.53 Å². The average molecular weight is 311 g/mol. The van der Waals surface area contributed by atoms with Crippen LogP contribution in [0, 0.1) is 5.92 Å². The largest absolute Gasteiger partial charge is 0.381 e. The summed E-state index contributed by atoms with van der Waals surface area (Å²) >= 11 is 0. The lowest BCUT2D eigenvalue weighted by Gasteiger charge is -2.31. The van der Waals surface area contributed by atoms with Gasteiger partial charge in [0, 0.05) is 50.2 Å². The van der Waals surface area contributed by atoms with E-state index in [0.29, 0.717) is 25.7 Å². The third-order valence-electron chi connectivity index (χ3n) is 4.87. The van der Waals surface area contributed by atoms with E-state index in [1.54, 1.807) is 0 Å². The molecule has 1 amide bonds. The van der Waals surface area contributed by atoms with Crippen molar-refractivity contribution in [1.82, 2.24) is 14.9 Å². The molecule has 5 nitrogen and oxygen atoms in total. The van der Waals surface area contributed by atoms with Crippen LogP contribution in [0.15, 0.2) is 30.6 Å². The lowest BCUT2D eigenvalue weighted by atomic mass is 9.96. The Morgan fingerprint density at radius 1 is 1.35 bits per heavy atom. The van der Waals surface area contributed by atoms with Gasteiger partial charge in [-0.05, 0) is 37.0 Å². The first-order valence-electron chi connectivity index (χ1n) is 8.31. The number of carbonyl (C=O) groups is 1. The maximum atomic E-state index is 12.6. The van der Waals surface area contributed by atoms with Crippen LogP contribution in [0.2, 0.25) is 0 Å². The summed E-state index contributed by atoms with van der Waals surface area (Å²) < 4.78 is 5.35. The van der Waals surface area contributed by atoms with E-state index < -0.39 is 0 Å². The first-order valence-corrected chi connectivity index (χ1v) is 8.31. The molecular weight excluding hydrogens is 290 g/mol. The predicted octanol–water partition coefficient (Wildman–Crippen LogP) is 2.61. The Balaban J connectivity index is 1.49. The van der Waals surface area contributed by atoms with E-state index in [0.717, 1.165) is 36.8 Å². The van der Waals surface area contributed by atoms with E-state index in [1.165, 1.54) is 11.1 Å². The van der Waals surface area contributed by atoms with E-state index >= 15 is 0 Å². The molecule has 2 aromatic heterocycles. The predicted molar refractivity (Wildman–Crippen MR) is 88.8 cm³/mol. The van der Waals surface area contributed by atoms with Crippen LogP contribution in [-0.4, -0.2) is 47.1 Å². The van der Waals surface area contributed by atoms with Gasteiger partial charge >= 0.3 is 0 Å². The molecule has 0 spiro atoms. The highest BCUT2D eigenvalue weighted by molar-refractivity contribution is 5.90. The summed E-state index contributed by atoms with van der Waals surface area (Å²) in [5.74, 6) is 0.439. The first-order chi connectivity index (χ1) is 11.3. The molecule has 5 heteroatoms. The summed E-state index contributed by atoms with van der Waals surface area (Å²) in [5.41, 5.74) is 4.52. The number of pyridine rings is 1. The van der Waals surface area contributed by atoms with Gasteiger partial charge in [0.2, 0.25) is 5.91 Å². The highest BCUT2D eigenvalue weighted by Crippen LogP contribution is 2.29. The van der Waals surface area contributed by atoms with E-state index in [2.05, 4.69) is 16.0 Å². The summed E-state index contributed by atoms with van der Waals surface area (Å²) in [7, 11) is 0. The molecule has 0 atom stereocenters. The second-order valence-corrected chi connectivity index (χ2v) is 6.25. The topological polar surface area (TPSA) is 58.2 Å². The molecule has 4 heterocycles. The highest BCUT2D eigenvalue weighted by Gasteiger charge is 2.27. The van der Waals surface area contributed by atoms with Crippen LogP contribution in [0.4, 0.5) is 0 Å². The number of amides is 1. The fourth-order valence-electron chi connectivity index (χ4n) is 3.52. The van der Waals surface area contributed by atoms with Gasteiger partial charge in [0.1, 0.15) is 0 Å². The molecule has 1 N–H and O–H groups in total. The van der Waals surface area contributed by atoms with Crippen LogP contribution >= 0.6 is 0 Å². The molecule has 0 saturated carbocycles. The van der Waals surface area contributed by atoms with Crippen molar-refractivity contribution in [1.29, 1.82) is 0 Å². The summed E-state index contributed by atoms with van der Waals surface area (Å²) in [6, 6.07) is 3.97. The lowest BCUT2D eigenvalue weighted by molar-refractivity contribution is -0.138. The Hall–Kier alpha value is -2.14. The molecule has 0 aliphatic carbocycles. The van der Waals surface area contributed by atoms with Gasteiger partial charge in [-0.25, -0.2) is 0 Å². The van der Waals surface area contributed by atoms with Crippen LogP contribution in [0.5, 0.6) is 0 Å². The van der Waals surface area contributed by atoms with Gasteiger partial charge in [0.25, 0.3) is 0 Å². The van der Waals surface area contributed by atoms with Crippen molar-refractivity contribution >= 4 is 22.5 Å². The van der Waals surface area contributed by atoms with Gasteiger partial charge in [0.15, 0.2) is 0 Å². The number of fused-ring (bicyclic) bond motifs is 1. The van der Waals surface area contributed by atoms with Crippen LogP contribution < -0.4 is 0 Å². The number of nitrogens with one attached hydrogen (secondary N) is 1. The van der Waals surface area contributed by atoms with Gasteiger partial charge in [-0.2, -0.15) is 0 Å². The molecule has 23 heavy (non-hydrogen) atoms. The highest BCUT2D eigenvalue weighted by atomic mass is 16.5. The van der Waals surface area contributed by atoms with Crippen molar-refractivity contribution in [2.24, 2.45) is 5.92 Å². The fourth-order valence-corrected chi connectivity index (χ4v) is 3.52. The second kappa shape index (κ2) is 6.16. The molecule has 120 valence electrons. The number of aromatic nitrogens is 2. The van der Waals surface area contributed by atoms with Crippen molar-refractivity contribution in [2.75, 3.05) is 26.3 Å². The zero-order chi connectivity index (χ0) is 15.6. The van der Waals surface area contributed by atoms with Gasteiger partial charge in [0.05, 0.1) is 11.0 Å². The maximum absolute atomic E-state index is 12.6. The Bertz CT molecular complexity index is 744. The molecule has 1 fully saturated rings. The van der Waals surface area contributed by atoms with Gasteiger partial charge < -0.3 is 14.6 Å². The Morgan fingerprint density at radius 2 is 2.22 bits per heavy atom. The number of hydrogen-bond acceptors (Lipinski definition) is 3. The molecule has 2 aromatic rings. The molecular formula is C18H21N3O2. The molecule has 0 aromatic carbocycles. The van der Waals surface area contributed by atoms with Gasteiger partial charge in [-0.1, -0.05) is 6.08 Å². The SMILES string of the molecule is O=C(C1CCOCC1)N1CC=C(c2c[nH]c3cccnc23)CC1. The average Bonchev–Trinajstić information content (AvgIpc) is 3.06. The number of rotatable bonds is 2. The molecule has 2 aliphatic heterocycles. The Morgan fingerprint density at radius 3 is 3.00 bits per heavy atom. The zero-order valence-electron chi connectivity index (χ0n) is 13.1. The van der Waals surface area contributed by atoms with E-state index in [-0.39, 0.29) is 5.92 Å². The summed E-state index contributed by atoms with van der Waals surface area (Å²) in [5, 5.41) is 0. The lowest BCUT2D eigenvalue weighted by Crippen LogP contribution is -2.40. The fraction of sp³-hybridized carbons (Fsp3) is 0.444. The molecule has 2 aliphatic rings. The number of nitrogens with zero attached hydrogens (tertiary/aromatic N) is 2. The zero-order valence-corrected chi connectivity index (χ0v) is 13.1. The van der Waals surface area contributed by atoms with Crippen molar-refractivity contribution in [3.05, 3.63) is 36.2 Å². The number of hydrogen-bond donors (Lipinski definition) is 1. The van der Waals surface area contributed by atoms with Crippen LogP contribution in [0.3, 0.4) is 0 Å². The minimum atomic E-state index is 0.147. The quantitative estimate of drug-likeness (QED) is 0.927. The summed E-state index contributed by atoms with van der Waals surface area (Å²) in [4.78, 5) is 22.3. The molecule has 0 unspecified atom stereocenters. The number of aromatic amines is 1. The first kappa shape index (κ1) is 14.5. The molecule has 4 rings (SSSR count). The molecule has 0 radical (unpaired) electrons. The van der Waals surface area contributed by atoms with Crippen molar-refractivity contribution in [3.63, 3.8) is 0 Å². The third kappa shape index (κ3) is 2.77. The third-order valence-corrected chi connectivity index (χ3v) is 4.87. The smallest absolute Gasteiger partial charge is 0.226 e. The van der Waals surface area contributed by atoms with Crippen LogP contribution in [0.25, 0.3) is 16.6 Å². The van der Waals surface area contributed by atoms with E-state index in [4.69, 9.17) is 4.74 Å². The summed E-state index contributed by atoms with van der Waals surface area (Å²) in [6.07, 6.45) is 8.64. The van der Waals surface area contributed by atoms with Crippen LogP contribution in [0.1, 0.15) is 24.8 Å². The van der Waals surface area contributed by atoms with Gasteiger partial charge in [-0.15, -0.1) is 0 Å². The van der Waals surface area contributed by atoms with E-state index in [1.807, 2.05) is 29.4 Å². The van der Waals surface area contributed by atoms with Crippen molar-refractivity contribution < 1.29 is 9.53 Å². The molecule has 1 saturated heterocycles. The Kier molecular flexibility index (Phi) is 3.87. The number of carbonyl (C=O) groups excluding carboxylic acids is 1. The minimum Gasteiger partial charge on any atom is -0.381 e. The molecule has 0 bridgehead atoms. The number of H-pyrrole nitrogens is 1. The van der Waals surface area contributed by atoms with Crippen molar-refractivity contribution in [2.45, 2.75) is 19.3 Å². The van der Waals surface area contributed by atoms with Crippen molar-refractivity contribution in [3.8, 4) is 0 Å². The standard InChI is InChI=1S/C18H21N3O2/c22-18(14-5-10-23-11-6-14)21-8-3-13(4-9-21)15-12-20-16-2-1-7-19-17(15)16/h1-3,7,12,14,20H,4-6,8-11H2. The number of ether oxygens (including phenoxy) is 1. The second-order valence-electron chi connectivity index (χ2n) is 6.25. The van der Waals surface area contributed by atoms with Gasteiger partial charge in [-0.3, -0.25) is 9.78 Å². The normalized spacial score (nSPS) is 19.8. The minimum absolute atomic E-state index is 0.147. The van der Waals surface area contributed by atoms with E-state index in [9.17, 15) is 4.79 Å². The monoisotopic (exact) mass is 311 g/mol.